The Bertz CT molecular complexity index is 1290. The van der Waals surface area contributed by atoms with Crippen LogP contribution < -0.4 is 10.5 Å². The normalized spacial score (nSPS) is 24.0. The highest BCUT2D eigenvalue weighted by atomic mass is 35.5. The lowest BCUT2D eigenvalue weighted by Gasteiger charge is -2.27. The number of carbonyl (C=O) groups excluding carboxylic acids is 1. The monoisotopic (exact) mass is 579 g/mol. The summed E-state index contributed by atoms with van der Waals surface area (Å²) in [6.45, 7) is 1.61. The summed E-state index contributed by atoms with van der Waals surface area (Å²) in [5.41, 5.74) is 7.94. The number of nitrogens with two attached hydrogens (primary N) is 1. The number of amides is 1. The smallest absolute Gasteiger partial charge is 0.245 e. The number of hydrogen-bond donors (Lipinski definition) is 3. The van der Waals surface area contributed by atoms with Crippen molar-refractivity contribution in [1.29, 1.82) is 0 Å². The molecule has 38 heavy (non-hydrogen) atoms. The number of aliphatic imine (C=N–C) groups is 1. The molecule has 0 unspecified atom stereocenters. The van der Waals surface area contributed by atoms with Crippen molar-refractivity contribution >= 4 is 50.8 Å². The fourth-order valence-corrected chi connectivity index (χ4v) is 6.54. The van der Waals surface area contributed by atoms with Crippen LogP contribution in [-0.4, -0.2) is 65.4 Å². The minimum atomic E-state index is -3.91. The summed E-state index contributed by atoms with van der Waals surface area (Å²) in [5, 5.41) is 16.2. The van der Waals surface area contributed by atoms with Gasteiger partial charge in [-0.3, -0.25) is 9.52 Å². The molecule has 1 heterocycles. The Balaban J connectivity index is 1.75. The third-order valence-corrected chi connectivity index (χ3v) is 9.29. The van der Waals surface area contributed by atoms with Crippen molar-refractivity contribution in [2.24, 2.45) is 15.8 Å². The SMILES string of the molecule is C[C@@H](O)[C@H](N=C(NS(=O)(=O)C1CCC(Cl)CC1)N1C[C@@H](c2ccccc2)C(c2ccc(Cl)cc2)=N1)C(N)=O. The Labute approximate surface area is 232 Å². The van der Waals surface area contributed by atoms with Crippen molar-refractivity contribution in [1.82, 2.24) is 9.73 Å². The van der Waals surface area contributed by atoms with Gasteiger partial charge in [-0.25, -0.2) is 18.4 Å². The number of alkyl halides is 1. The number of halogens is 2. The third kappa shape index (κ3) is 6.66. The van der Waals surface area contributed by atoms with Gasteiger partial charge in [0.25, 0.3) is 0 Å². The van der Waals surface area contributed by atoms with Crippen LogP contribution in [0.4, 0.5) is 0 Å². The summed E-state index contributed by atoms with van der Waals surface area (Å²) in [4.78, 5) is 16.4. The molecule has 12 heteroatoms. The van der Waals surface area contributed by atoms with E-state index in [9.17, 15) is 18.3 Å². The van der Waals surface area contributed by atoms with Gasteiger partial charge >= 0.3 is 0 Å². The molecule has 2 aliphatic rings. The molecule has 9 nitrogen and oxygen atoms in total. The van der Waals surface area contributed by atoms with Gasteiger partial charge in [-0.2, -0.15) is 5.10 Å². The van der Waals surface area contributed by atoms with Crippen molar-refractivity contribution in [3.05, 3.63) is 70.7 Å². The Morgan fingerprint density at radius 2 is 1.76 bits per heavy atom. The van der Waals surface area contributed by atoms with E-state index >= 15 is 0 Å². The number of guanidine groups is 1. The Hall–Kier alpha value is -2.66. The molecule has 4 rings (SSSR count). The van der Waals surface area contributed by atoms with Gasteiger partial charge in [0.15, 0.2) is 6.04 Å². The van der Waals surface area contributed by atoms with Gasteiger partial charge in [0.2, 0.25) is 21.9 Å². The van der Waals surface area contributed by atoms with E-state index < -0.39 is 33.3 Å². The Morgan fingerprint density at radius 3 is 2.34 bits per heavy atom. The average molecular weight is 581 g/mol. The number of hydrogen-bond acceptors (Lipinski definition) is 6. The van der Waals surface area contributed by atoms with Gasteiger partial charge in [-0.15, -0.1) is 11.6 Å². The maximum atomic E-state index is 13.4. The molecule has 0 aromatic heterocycles. The summed E-state index contributed by atoms with van der Waals surface area (Å²) in [6, 6.07) is 15.5. The van der Waals surface area contributed by atoms with E-state index in [1.54, 1.807) is 12.1 Å². The number of hydrazone groups is 1. The largest absolute Gasteiger partial charge is 0.391 e. The van der Waals surface area contributed by atoms with E-state index in [1.165, 1.54) is 11.9 Å². The molecule has 0 radical (unpaired) electrons. The molecule has 1 aliphatic carbocycles. The summed E-state index contributed by atoms with van der Waals surface area (Å²) in [7, 11) is -3.91. The number of primary amides is 1. The molecule has 3 atom stereocenters. The van der Waals surface area contributed by atoms with Crippen LogP contribution in [-0.2, 0) is 14.8 Å². The summed E-state index contributed by atoms with van der Waals surface area (Å²) in [6.07, 6.45) is 0.716. The maximum Gasteiger partial charge on any atom is 0.245 e. The third-order valence-electron chi connectivity index (χ3n) is 6.79. The number of sulfonamides is 1. The van der Waals surface area contributed by atoms with Crippen molar-refractivity contribution in [3.8, 4) is 0 Å². The lowest BCUT2D eigenvalue weighted by Crippen LogP contribution is -2.48. The van der Waals surface area contributed by atoms with E-state index in [4.69, 9.17) is 34.0 Å². The molecule has 1 saturated carbocycles. The maximum absolute atomic E-state index is 13.4. The van der Waals surface area contributed by atoms with E-state index in [2.05, 4.69) is 9.71 Å². The molecular weight excluding hydrogens is 549 g/mol. The molecule has 2 aromatic rings. The highest BCUT2D eigenvalue weighted by Crippen LogP contribution is 2.31. The first-order valence-electron chi connectivity index (χ1n) is 12.4. The summed E-state index contributed by atoms with van der Waals surface area (Å²) < 4.78 is 29.4. The highest BCUT2D eigenvalue weighted by Gasteiger charge is 2.37. The van der Waals surface area contributed by atoms with Crippen LogP contribution in [0, 0.1) is 0 Å². The van der Waals surface area contributed by atoms with E-state index in [1.807, 2.05) is 42.5 Å². The zero-order valence-electron chi connectivity index (χ0n) is 20.9. The fraction of sp³-hybridized carbons (Fsp3) is 0.423. The molecular formula is C26H31Cl2N5O4S. The molecule has 1 fully saturated rings. The Morgan fingerprint density at radius 1 is 1.13 bits per heavy atom. The summed E-state index contributed by atoms with van der Waals surface area (Å²) >= 11 is 12.3. The number of nitrogens with zero attached hydrogens (tertiary/aromatic N) is 3. The molecule has 0 saturated heterocycles. The molecule has 1 aliphatic heterocycles. The van der Waals surface area contributed by atoms with Gasteiger partial charge in [0, 0.05) is 16.3 Å². The van der Waals surface area contributed by atoms with Crippen LogP contribution in [0.15, 0.2) is 64.7 Å². The van der Waals surface area contributed by atoms with E-state index in [-0.39, 0.29) is 23.8 Å². The zero-order valence-corrected chi connectivity index (χ0v) is 23.2. The average Bonchev–Trinajstić information content (AvgIpc) is 3.33. The van der Waals surface area contributed by atoms with Gasteiger partial charge in [0.05, 0.1) is 23.6 Å². The molecule has 4 N–H and O–H groups in total. The fourth-order valence-electron chi connectivity index (χ4n) is 4.69. The van der Waals surface area contributed by atoms with E-state index in [0.29, 0.717) is 36.4 Å². The van der Waals surface area contributed by atoms with Gasteiger partial charge in [-0.1, -0.05) is 54.1 Å². The Kier molecular flexibility index (Phi) is 8.97. The highest BCUT2D eigenvalue weighted by molar-refractivity contribution is 7.90. The number of carbonyl (C=O) groups is 1. The van der Waals surface area contributed by atoms with Crippen LogP contribution >= 0.6 is 23.2 Å². The van der Waals surface area contributed by atoms with Crippen molar-refractivity contribution in [2.75, 3.05) is 6.54 Å². The second-order valence-corrected chi connectivity index (χ2v) is 12.6. The molecule has 204 valence electrons. The molecule has 0 spiro atoms. The first kappa shape index (κ1) is 28.4. The molecule has 0 bridgehead atoms. The van der Waals surface area contributed by atoms with Crippen molar-refractivity contribution < 1.29 is 18.3 Å². The lowest BCUT2D eigenvalue weighted by atomic mass is 9.91. The summed E-state index contributed by atoms with van der Waals surface area (Å²) in [5.74, 6) is -1.30. The predicted octanol–water partition coefficient (Wildman–Crippen LogP) is 3.20. The first-order chi connectivity index (χ1) is 18.0. The van der Waals surface area contributed by atoms with Crippen LogP contribution in [0.3, 0.4) is 0 Å². The van der Waals surface area contributed by atoms with Crippen LogP contribution in [0.25, 0.3) is 0 Å². The van der Waals surface area contributed by atoms with Gasteiger partial charge in [0.1, 0.15) is 0 Å². The van der Waals surface area contributed by atoms with Crippen molar-refractivity contribution in [2.45, 2.75) is 61.3 Å². The second kappa shape index (κ2) is 12.0. The molecule has 2 aromatic carbocycles. The second-order valence-electron chi connectivity index (χ2n) is 9.60. The van der Waals surface area contributed by atoms with Crippen molar-refractivity contribution in [3.63, 3.8) is 0 Å². The number of aliphatic hydroxyl groups excluding tert-OH is 1. The van der Waals surface area contributed by atoms with Gasteiger partial charge < -0.3 is 10.8 Å². The lowest BCUT2D eigenvalue weighted by molar-refractivity contribution is -0.121. The van der Waals surface area contributed by atoms with Crippen LogP contribution in [0.1, 0.15) is 49.7 Å². The molecule has 1 amide bonds. The number of benzene rings is 2. The predicted molar refractivity (Wildman–Crippen MR) is 150 cm³/mol. The zero-order chi connectivity index (χ0) is 27.4. The van der Waals surface area contributed by atoms with Crippen LogP contribution in [0.5, 0.6) is 0 Å². The number of rotatable bonds is 7. The minimum Gasteiger partial charge on any atom is -0.391 e. The number of nitrogens with one attached hydrogen (secondary N) is 1. The topological polar surface area (TPSA) is 137 Å². The van der Waals surface area contributed by atoms with E-state index in [0.717, 1.165) is 11.1 Å². The quantitative estimate of drug-likeness (QED) is 0.263. The first-order valence-corrected chi connectivity index (χ1v) is 14.8. The van der Waals surface area contributed by atoms with Gasteiger partial charge in [-0.05, 0) is 55.9 Å². The standard InChI is InChI=1S/C26H31Cl2N5O4S/c1-16(34)23(25(29)35)30-26(32-38(36,37)21-13-11-20(28)12-14-21)33-15-22(17-5-3-2-4-6-17)24(31-33)18-7-9-19(27)10-8-18/h2-10,16,20-23,34H,11-15H2,1H3,(H2,29,35)(H,30,32)/t16-,20?,21?,22+,23+/m1/s1. The minimum absolute atomic E-state index is 0.0548. The van der Waals surface area contributed by atoms with Crippen LogP contribution in [0.2, 0.25) is 5.02 Å². The number of aliphatic hydroxyl groups is 1.